The van der Waals surface area contributed by atoms with Crippen LogP contribution in [0.2, 0.25) is 5.02 Å². The van der Waals surface area contributed by atoms with Crippen LogP contribution in [0.1, 0.15) is 57.1 Å². The average Bonchev–Trinajstić information content (AvgIpc) is 3.08. The molecule has 0 radical (unpaired) electrons. The molecule has 1 spiro atoms. The molecule has 2 aliphatic rings. The molecule has 2 aromatic rings. The van der Waals surface area contributed by atoms with Crippen molar-refractivity contribution in [2.45, 2.75) is 63.4 Å². The molecule has 7 nitrogen and oxygen atoms in total. The van der Waals surface area contributed by atoms with E-state index < -0.39 is 21.4 Å². The van der Waals surface area contributed by atoms with E-state index in [0.717, 1.165) is 19.1 Å². The Kier molecular flexibility index (Phi) is 7.96. The zero-order valence-electron chi connectivity index (χ0n) is 22.2. The highest BCUT2D eigenvalue weighted by Gasteiger charge is 2.51. The topological polar surface area (TPSA) is 101 Å². The summed E-state index contributed by atoms with van der Waals surface area (Å²) in [6, 6.07) is 9.88. The van der Waals surface area contributed by atoms with E-state index in [2.05, 4.69) is 13.8 Å². The highest BCUT2D eigenvalue weighted by atomic mass is 35.5. The number of carbonyl (C=O) groups excluding carboxylic acids is 2. The number of sulfone groups is 1. The molecule has 38 heavy (non-hydrogen) atoms. The molecule has 0 atom stereocenters. The summed E-state index contributed by atoms with van der Waals surface area (Å²) in [4.78, 5) is 27.6. The summed E-state index contributed by atoms with van der Waals surface area (Å²) < 4.78 is 29.8. The minimum atomic E-state index is -3.40. The lowest BCUT2D eigenvalue weighted by atomic mass is 9.86. The fourth-order valence-electron chi connectivity index (χ4n) is 5.18. The van der Waals surface area contributed by atoms with Gasteiger partial charge in [-0.1, -0.05) is 44.0 Å². The van der Waals surface area contributed by atoms with Crippen LogP contribution in [-0.4, -0.2) is 55.2 Å². The number of halogens is 1. The summed E-state index contributed by atoms with van der Waals surface area (Å²) in [5.74, 6) is -0.105. The maximum Gasteiger partial charge on any atom is 0.343 e. The lowest BCUT2D eigenvalue weighted by Crippen LogP contribution is -2.48. The van der Waals surface area contributed by atoms with Crippen molar-refractivity contribution in [2.75, 3.05) is 19.3 Å². The number of benzene rings is 2. The molecule has 0 bridgehead atoms. The number of carbonyl (C=O) groups is 2. The quantitative estimate of drug-likeness (QED) is 0.435. The Bertz CT molecular complexity index is 1400. The number of aliphatic hydroxyl groups is 1. The fraction of sp³-hybridized carbons (Fsp3) is 0.448. The predicted molar refractivity (Wildman–Crippen MR) is 148 cm³/mol. The van der Waals surface area contributed by atoms with E-state index in [9.17, 15) is 23.1 Å². The van der Waals surface area contributed by atoms with Crippen molar-refractivity contribution in [3.8, 4) is 11.1 Å². The molecule has 2 aliphatic heterocycles. The number of nitrogens with zero attached hydrogens (tertiary/aromatic N) is 1. The molecule has 2 heterocycles. The maximum absolute atomic E-state index is 13.0. The third-order valence-corrected chi connectivity index (χ3v) is 8.84. The monoisotopic (exact) mass is 559 g/mol. The zero-order chi connectivity index (χ0) is 27.8. The van der Waals surface area contributed by atoms with Gasteiger partial charge in [-0.15, -0.1) is 0 Å². The van der Waals surface area contributed by atoms with Crippen LogP contribution in [-0.2, 0) is 24.2 Å². The number of rotatable bonds is 7. The van der Waals surface area contributed by atoms with Crippen molar-refractivity contribution < 1.29 is 27.9 Å². The lowest BCUT2D eigenvalue weighted by Gasteiger charge is -2.38. The van der Waals surface area contributed by atoms with Gasteiger partial charge in [-0.05, 0) is 60.2 Å². The molecule has 0 aromatic heterocycles. The Morgan fingerprint density at radius 1 is 1.16 bits per heavy atom. The number of likely N-dealkylation sites (tertiary alicyclic amines) is 1. The number of piperidine rings is 1. The van der Waals surface area contributed by atoms with E-state index in [0.29, 0.717) is 65.5 Å². The number of aryl methyl sites for hydroxylation is 1. The Morgan fingerprint density at radius 2 is 1.84 bits per heavy atom. The Labute approximate surface area is 229 Å². The van der Waals surface area contributed by atoms with E-state index in [1.165, 1.54) is 6.07 Å². The van der Waals surface area contributed by atoms with Crippen molar-refractivity contribution in [1.82, 2.24) is 4.90 Å². The molecule has 1 saturated heterocycles. The molecule has 204 valence electrons. The second kappa shape index (κ2) is 10.7. The summed E-state index contributed by atoms with van der Waals surface area (Å²) >= 11 is 6.62. The van der Waals surface area contributed by atoms with Crippen LogP contribution in [0.15, 0.2) is 47.1 Å². The predicted octanol–water partition coefficient (Wildman–Crippen LogP) is 5.73. The number of hydrogen-bond acceptors (Lipinski definition) is 6. The van der Waals surface area contributed by atoms with Crippen LogP contribution in [0.5, 0.6) is 0 Å². The summed E-state index contributed by atoms with van der Waals surface area (Å²) in [6.07, 6.45) is 4.14. The van der Waals surface area contributed by atoms with Gasteiger partial charge >= 0.3 is 5.97 Å². The molecule has 0 saturated carbocycles. The number of aliphatic hydroxyl groups excluding tert-OH is 1. The van der Waals surface area contributed by atoms with Crippen LogP contribution >= 0.6 is 11.6 Å². The SMILES string of the molecule is Cc1cc(-c2cccc(S(C)(=O)=O)c2)c(Cl)cc1C1=C(O)C2(CCN(C(=O)CCCC(C)C)CC2)OC1=O. The van der Waals surface area contributed by atoms with Crippen LogP contribution in [0.25, 0.3) is 16.7 Å². The first-order chi connectivity index (χ1) is 17.8. The number of esters is 1. The van der Waals surface area contributed by atoms with E-state index in [-0.39, 0.29) is 22.1 Å². The third kappa shape index (κ3) is 5.61. The fourth-order valence-corrected chi connectivity index (χ4v) is 6.12. The second-order valence-electron chi connectivity index (χ2n) is 10.7. The van der Waals surface area contributed by atoms with Gasteiger partial charge in [0.15, 0.2) is 21.2 Å². The molecule has 1 N–H and O–H groups in total. The van der Waals surface area contributed by atoms with Crippen molar-refractivity contribution in [2.24, 2.45) is 5.92 Å². The molecule has 9 heteroatoms. The highest BCUT2D eigenvalue weighted by Crippen LogP contribution is 2.45. The van der Waals surface area contributed by atoms with Crippen LogP contribution in [0, 0.1) is 12.8 Å². The Morgan fingerprint density at radius 3 is 2.47 bits per heavy atom. The molecular weight excluding hydrogens is 526 g/mol. The molecule has 1 amide bonds. The summed E-state index contributed by atoms with van der Waals surface area (Å²) in [7, 11) is -3.40. The van der Waals surface area contributed by atoms with Gasteiger partial charge in [0.05, 0.1) is 4.90 Å². The minimum Gasteiger partial charge on any atom is -0.507 e. The van der Waals surface area contributed by atoms with Crippen LogP contribution in [0.4, 0.5) is 0 Å². The van der Waals surface area contributed by atoms with E-state index in [4.69, 9.17) is 16.3 Å². The van der Waals surface area contributed by atoms with Gasteiger partial charge in [0, 0.05) is 49.2 Å². The van der Waals surface area contributed by atoms with Gasteiger partial charge in [0.1, 0.15) is 5.57 Å². The summed E-state index contributed by atoms with van der Waals surface area (Å²) in [6.45, 7) is 6.87. The first-order valence-electron chi connectivity index (χ1n) is 12.9. The highest BCUT2D eigenvalue weighted by molar-refractivity contribution is 7.90. The van der Waals surface area contributed by atoms with Crippen molar-refractivity contribution in [3.05, 3.63) is 58.3 Å². The minimum absolute atomic E-state index is 0.0811. The average molecular weight is 560 g/mol. The standard InChI is InChI=1S/C29H34ClNO6S/c1-18(2)7-5-10-25(32)31-13-11-29(12-14-31)27(33)26(28(34)37-29)22-17-24(30)23(15-19(22)3)20-8-6-9-21(16-20)38(4,35)36/h6,8-9,15-18,33H,5,7,10-14H2,1-4H3. The summed E-state index contributed by atoms with van der Waals surface area (Å²) in [5.41, 5.74) is 1.32. The van der Waals surface area contributed by atoms with E-state index in [1.807, 2.05) is 0 Å². The molecule has 0 unspecified atom stereocenters. The van der Waals surface area contributed by atoms with E-state index in [1.54, 1.807) is 42.2 Å². The molecule has 2 aromatic carbocycles. The smallest absolute Gasteiger partial charge is 0.343 e. The van der Waals surface area contributed by atoms with Crippen LogP contribution < -0.4 is 0 Å². The molecule has 0 aliphatic carbocycles. The van der Waals surface area contributed by atoms with Crippen LogP contribution in [0.3, 0.4) is 0 Å². The van der Waals surface area contributed by atoms with Gasteiger partial charge in [-0.2, -0.15) is 0 Å². The Hall–Kier alpha value is -2.84. The van der Waals surface area contributed by atoms with Gasteiger partial charge in [-0.3, -0.25) is 4.79 Å². The van der Waals surface area contributed by atoms with E-state index >= 15 is 0 Å². The normalized spacial score (nSPS) is 17.4. The first-order valence-corrected chi connectivity index (χ1v) is 15.1. The molecular formula is C29H34ClNO6S. The Balaban J connectivity index is 1.58. The largest absolute Gasteiger partial charge is 0.507 e. The zero-order valence-corrected chi connectivity index (χ0v) is 23.8. The summed E-state index contributed by atoms with van der Waals surface area (Å²) in [5, 5.41) is 11.6. The van der Waals surface area contributed by atoms with Crippen molar-refractivity contribution in [3.63, 3.8) is 0 Å². The van der Waals surface area contributed by atoms with Gasteiger partial charge in [0.2, 0.25) is 5.91 Å². The van der Waals surface area contributed by atoms with Crippen molar-refractivity contribution >= 4 is 38.9 Å². The van der Waals surface area contributed by atoms with Crippen molar-refractivity contribution in [1.29, 1.82) is 0 Å². The third-order valence-electron chi connectivity index (χ3n) is 7.41. The number of ether oxygens (including phenoxy) is 1. The maximum atomic E-state index is 13.0. The number of hydrogen-bond donors (Lipinski definition) is 1. The first kappa shape index (κ1) is 28.2. The molecule has 1 fully saturated rings. The number of amides is 1. The lowest BCUT2D eigenvalue weighted by molar-refractivity contribution is -0.152. The second-order valence-corrected chi connectivity index (χ2v) is 13.1. The molecule has 4 rings (SSSR count). The van der Waals surface area contributed by atoms with Gasteiger partial charge in [-0.25, -0.2) is 13.2 Å². The van der Waals surface area contributed by atoms with Gasteiger partial charge in [0.25, 0.3) is 0 Å². The van der Waals surface area contributed by atoms with Gasteiger partial charge < -0.3 is 14.7 Å².